The molecule has 0 bridgehead atoms. The van der Waals surface area contributed by atoms with Gasteiger partial charge in [0, 0.05) is 11.8 Å². The molecule has 0 aromatic rings. The molecule has 0 aromatic carbocycles. The van der Waals surface area contributed by atoms with Crippen molar-refractivity contribution in [2.24, 2.45) is 17.8 Å². The van der Waals surface area contributed by atoms with Gasteiger partial charge in [0.1, 0.15) is 11.6 Å². The highest BCUT2D eigenvalue weighted by Crippen LogP contribution is 2.41. The molecule has 2 heteroatoms. The second kappa shape index (κ2) is 3.84. The lowest BCUT2D eigenvalue weighted by atomic mass is 9.81. The molecule has 14 heavy (non-hydrogen) atoms. The molecule has 78 valence electrons. The first kappa shape index (κ1) is 9.88. The first-order valence-corrected chi connectivity index (χ1v) is 5.83. The molecule has 2 fully saturated rings. The van der Waals surface area contributed by atoms with Gasteiger partial charge < -0.3 is 0 Å². The molecule has 2 unspecified atom stereocenters. The highest BCUT2D eigenvalue weighted by atomic mass is 16.2. The predicted octanol–water partition coefficient (Wildman–Crippen LogP) is 2.36. The van der Waals surface area contributed by atoms with Gasteiger partial charge in [-0.1, -0.05) is 26.2 Å². The van der Waals surface area contributed by atoms with Gasteiger partial charge in [-0.15, -0.1) is 0 Å². The number of hydrogen-bond donors (Lipinski definition) is 0. The van der Waals surface area contributed by atoms with Crippen LogP contribution in [0.3, 0.4) is 0 Å². The van der Waals surface area contributed by atoms with Crippen molar-refractivity contribution < 1.29 is 9.59 Å². The van der Waals surface area contributed by atoms with Crippen molar-refractivity contribution in [3.05, 3.63) is 0 Å². The number of ketones is 2. The van der Waals surface area contributed by atoms with Gasteiger partial charge in [0.2, 0.25) is 0 Å². The number of hydrogen-bond acceptors (Lipinski definition) is 2. The van der Waals surface area contributed by atoms with Crippen molar-refractivity contribution in [2.45, 2.75) is 45.4 Å². The summed E-state index contributed by atoms with van der Waals surface area (Å²) in [5, 5.41) is 0. The van der Waals surface area contributed by atoms with Gasteiger partial charge in [0.05, 0.1) is 5.92 Å². The molecule has 2 rings (SSSR count). The lowest BCUT2D eigenvalue weighted by Gasteiger charge is -2.21. The van der Waals surface area contributed by atoms with Gasteiger partial charge in [0.25, 0.3) is 0 Å². The lowest BCUT2D eigenvalue weighted by Crippen LogP contribution is -2.21. The second-order valence-corrected chi connectivity index (χ2v) is 4.64. The molecule has 2 aliphatic rings. The van der Waals surface area contributed by atoms with Crippen LogP contribution in [0.4, 0.5) is 0 Å². The Balaban J connectivity index is 2.15. The summed E-state index contributed by atoms with van der Waals surface area (Å²) >= 11 is 0. The average molecular weight is 194 g/mol. The Morgan fingerprint density at radius 2 is 1.57 bits per heavy atom. The zero-order chi connectivity index (χ0) is 10.1. The third-order valence-electron chi connectivity index (χ3n) is 3.76. The molecule has 0 heterocycles. The standard InChI is InChI=1S/C12H18O2/c1-2-5-10-11(13)8-6-3-4-7-9(8)12(10)14/h8-10H,2-7H2,1H3. The maximum Gasteiger partial charge on any atom is 0.147 e. The fourth-order valence-electron chi connectivity index (χ4n) is 3.04. The van der Waals surface area contributed by atoms with Crippen molar-refractivity contribution in [3.63, 3.8) is 0 Å². The molecular formula is C12H18O2. The normalized spacial score (nSPS) is 37.4. The summed E-state index contributed by atoms with van der Waals surface area (Å²) in [6, 6.07) is 0. The molecule has 0 amide bonds. The number of fused-ring (bicyclic) bond motifs is 1. The number of rotatable bonds is 2. The van der Waals surface area contributed by atoms with Crippen LogP contribution in [-0.2, 0) is 9.59 Å². The van der Waals surface area contributed by atoms with Gasteiger partial charge in [0.15, 0.2) is 0 Å². The summed E-state index contributed by atoms with van der Waals surface area (Å²) < 4.78 is 0. The van der Waals surface area contributed by atoms with Crippen LogP contribution in [0.15, 0.2) is 0 Å². The van der Waals surface area contributed by atoms with Crippen molar-refractivity contribution in [2.75, 3.05) is 0 Å². The van der Waals surface area contributed by atoms with E-state index in [2.05, 4.69) is 0 Å². The fraction of sp³-hybridized carbons (Fsp3) is 0.833. The van der Waals surface area contributed by atoms with Crippen molar-refractivity contribution in [1.29, 1.82) is 0 Å². The highest BCUT2D eigenvalue weighted by molar-refractivity contribution is 6.11. The van der Waals surface area contributed by atoms with Crippen molar-refractivity contribution in [3.8, 4) is 0 Å². The van der Waals surface area contributed by atoms with Crippen LogP contribution in [0.25, 0.3) is 0 Å². The first-order valence-electron chi connectivity index (χ1n) is 5.83. The van der Waals surface area contributed by atoms with Crippen LogP contribution < -0.4 is 0 Å². The SMILES string of the molecule is CCCC1C(=O)C2CCCCC2C1=O. The van der Waals surface area contributed by atoms with Crippen LogP contribution in [0.2, 0.25) is 0 Å². The zero-order valence-corrected chi connectivity index (χ0v) is 8.79. The Kier molecular flexibility index (Phi) is 2.71. The maximum atomic E-state index is 11.9. The van der Waals surface area contributed by atoms with E-state index in [4.69, 9.17) is 0 Å². The zero-order valence-electron chi connectivity index (χ0n) is 8.79. The third kappa shape index (κ3) is 1.41. The van der Waals surface area contributed by atoms with Crippen molar-refractivity contribution in [1.82, 2.24) is 0 Å². The predicted molar refractivity (Wildman–Crippen MR) is 53.9 cm³/mol. The van der Waals surface area contributed by atoms with E-state index in [1.165, 1.54) is 0 Å². The van der Waals surface area contributed by atoms with E-state index < -0.39 is 0 Å². The molecule has 2 saturated carbocycles. The van der Waals surface area contributed by atoms with Crippen molar-refractivity contribution >= 4 is 11.6 Å². The average Bonchev–Trinajstić information content (AvgIpc) is 2.45. The summed E-state index contributed by atoms with van der Waals surface area (Å²) in [6.45, 7) is 2.04. The minimum Gasteiger partial charge on any atom is -0.299 e. The Labute approximate surface area is 85.1 Å². The number of carbonyl (C=O) groups excluding carboxylic acids is 2. The van der Waals surface area contributed by atoms with Gasteiger partial charge in [-0.3, -0.25) is 9.59 Å². The minimum absolute atomic E-state index is 0.104. The first-order chi connectivity index (χ1) is 6.75. The van der Waals surface area contributed by atoms with E-state index in [-0.39, 0.29) is 29.3 Å². The quantitative estimate of drug-likeness (QED) is 0.632. The van der Waals surface area contributed by atoms with E-state index in [1.54, 1.807) is 0 Å². The third-order valence-corrected chi connectivity index (χ3v) is 3.76. The summed E-state index contributed by atoms with van der Waals surface area (Å²) in [5.74, 6) is 0.511. The topological polar surface area (TPSA) is 34.1 Å². The van der Waals surface area contributed by atoms with Gasteiger partial charge in [-0.25, -0.2) is 0 Å². The van der Waals surface area contributed by atoms with E-state index in [0.717, 1.165) is 38.5 Å². The summed E-state index contributed by atoms with van der Waals surface area (Å²) in [7, 11) is 0. The molecule has 2 nitrogen and oxygen atoms in total. The molecule has 0 spiro atoms. The van der Waals surface area contributed by atoms with E-state index in [0.29, 0.717) is 0 Å². The van der Waals surface area contributed by atoms with Crippen LogP contribution in [0.1, 0.15) is 45.4 Å². The Morgan fingerprint density at radius 1 is 1.07 bits per heavy atom. The largest absolute Gasteiger partial charge is 0.299 e. The minimum atomic E-state index is -0.229. The second-order valence-electron chi connectivity index (χ2n) is 4.64. The van der Waals surface area contributed by atoms with Crippen LogP contribution in [0.5, 0.6) is 0 Å². The summed E-state index contributed by atoms with van der Waals surface area (Å²) in [5.41, 5.74) is 0. The molecule has 0 aromatic heterocycles. The van der Waals surface area contributed by atoms with Gasteiger partial charge in [-0.05, 0) is 19.3 Å². The highest BCUT2D eigenvalue weighted by Gasteiger charge is 2.48. The monoisotopic (exact) mass is 194 g/mol. The van der Waals surface area contributed by atoms with Crippen LogP contribution in [-0.4, -0.2) is 11.6 Å². The van der Waals surface area contributed by atoms with Gasteiger partial charge >= 0.3 is 0 Å². The van der Waals surface area contributed by atoms with Gasteiger partial charge in [-0.2, -0.15) is 0 Å². The lowest BCUT2D eigenvalue weighted by molar-refractivity contribution is -0.128. The molecule has 0 radical (unpaired) electrons. The van der Waals surface area contributed by atoms with E-state index >= 15 is 0 Å². The Morgan fingerprint density at radius 3 is 2.00 bits per heavy atom. The molecule has 2 aliphatic carbocycles. The molecule has 0 N–H and O–H groups in total. The molecule has 0 saturated heterocycles. The molecular weight excluding hydrogens is 176 g/mol. The van der Waals surface area contributed by atoms with Crippen LogP contribution >= 0.6 is 0 Å². The summed E-state index contributed by atoms with van der Waals surface area (Å²) in [6.07, 6.45) is 5.94. The number of carbonyl (C=O) groups is 2. The maximum absolute atomic E-state index is 11.9. The van der Waals surface area contributed by atoms with Crippen LogP contribution in [0, 0.1) is 17.8 Å². The number of Topliss-reactive ketones (excluding diaryl/α,β-unsaturated/α-hetero) is 2. The van der Waals surface area contributed by atoms with E-state index in [9.17, 15) is 9.59 Å². The Hall–Kier alpha value is -0.660. The molecule has 0 aliphatic heterocycles. The van der Waals surface area contributed by atoms with E-state index in [1.807, 2.05) is 6.92 Å². The smallest absolute Gasteiger partial charge is 0.147 e. The summed E-state index contributed by atoms with van der Waals surface area (Å²) in [4.78, 5) is 23.8. The fourth-order valence-corrected chi connectivity index (χ4v) is 3.04. The molecule has 2 atom stereocenters. The Bertz CT molecular complexity index is 233.